The van der Waals surface area contributed by atoms with Crippen LogP contribution in [0.1, 0.15) is 12.1 Å². The van der Waals surface area contributed by atoms with Crippen molar-refractivity contribution in [2.75, 3.05) is 32.5 Å². The number of hydrogen-bond acceptors (Lipinski definition) is 4. The number of nitrogens with zero attached hydrogens (tertiary/aromatic N) is 2. The van der Waals surface area contributed by atoms with E-state index in [0.29, 0.717) is 0 Å². The SMILES string of the molecule is CN(CCCOc1ccc(N)cc1)CCc1ccccn1. The maximum Gasteiger partial charge on any atom is 0.119 e. The Morgan fingerprint density at radius 3 is 2.62 bits per heavy atom. The van der Waals surface area contributed by atoms with Crippen molar-refractivity contribution in [2.45, 2.75) is 12.8 Å². The minimum atomic E-state index is 0.720. The number of ether oxygens (including phenoxy) is 1. The molecule has 1 heterocycles. The van der Waals surface area contributed by atoms with Gasteiger partial charge in [-0.05, 0) is 49.9 Å². The van der Waals surface area contributed by atoms with Crippen LogP contribution in [-0.2, 0) is 6.42 Å². The highest BCUT2D eigenvalue weighted by Crippen LogP contribution is 2.13. The highest BCUT2D eigenvalue weighted by atomic mass is 16.5. The van der Waals surface area contributed by atoms with Gasteiger partial charge in [0.15, 0.2) is 0 Å². The maximum atomic E-state index is 5.68. The first-order chi connectivity index (χ1) is 10.2. The Balaban J connectivity index is 1.59. The Hall–Kier alpha value is -2.07. The van der Waals surface area contributed by atoms with Crippen LogP contribution in [0.4, 0.5) is 5.69 Å². The van der Waals surface area contributed by atoms with Crippen LogP contribution in [0.15, 0.2) is 48.7 Å². The fraction of sp³-hybridized carbons (Fsp3) is 0.353. The molecule has 112 valence electrons. The molecule has 4 nitrogen and oxygen atoms in total. The van der Waals surface area contributed by atoms with Gasteiger partial charge in [-0.2, -0.15) is 0 Å². The van der Waals surface area contributed by atoms with Gasteiger partial charge in [0.1, 0.15) is 5.75 Å². The molecule has 0 unspecified atom stereocenters. The zero-order chi connectivity index (χ0) is 14.9. The molecular formula is C17H23N3O. The monoisotopic (exact) mass is 285 g/mol. The number of anilines is 1. The third-order valence-corrected chi connectivity index (χ3v) is 3.31. The van der Waals surface area contributed by atoms with E-state index in [9.17, 15) is 0 Å². The lowest BCUT2D eigenvalue weighted by Gasteiger charge is -2.16. The van der Waals surface area contributed by atoms with Crippen molar-refractivity contribution in [3.63, 3.8) is 0 Å². The van der Waals surface area contributed by atoms with Crippen LogP contribution in [-0.4, -0.2) is 36.6 Å². The van der Waals surface area contributed by atoms with Gasteiger partial charge < -0.3 is 15.4 Å². The Bertz CT molecular complexity index is 513. The summed E-state index contributed by atoms with van der Waals surface area (Å²) in [6.07, 6.45) is 3.83. The van der Waals surface area contributed by atoms with E-state index in [-0.39, 0.29) is 0 Å². The number of pyridine rings is 1. The van der Waals surface area contributed by atoms with Gasteiger partial charge in [0, 0.05) is 37.1 Å². The molecule has 0 radical (unpaired) electrons. The van der Waals surface area contributed by atoms with Crippen molar-refractivity contribution in [1.82, 2.24) is 9.88 Å². The molecule has 0 fully saturated rings. The van der Waals surface area contributed by atoms with Crippen LogP contribution in [0.2, 0.25) is 0 Å². The topological polar surface area (TPSA) is 51.4 Å². The molecule has 0 saturated carbocycles. The zero-order valence-electron chi connectivity index (χ0n) is 12.5. The summed E-state index contributed by atoms with van der Waals surface area (Å²) < 4.78 is 5.68. The standard InChI is InChI=1S/C17H23N3O/c1-20(13-10-16-5-2-3-11-19-16)12-4-14-21-17-8-6-15(18)7-9-17/h2-3,5-9,11H,4,10,12-14,18H2,1H3. The molecule has 0 amide bonds. The van der Waals surface area contributed by atoms with Gasteiger partial charge in [-0.3, -0.25) is 4.98 Å². The van der Waals surface area contributed by atoms with Crippen molar-refractivity contribution >= 4 is 5.69 Å². The molecule has 0 saturated heterocycles. The predicted octanol–water partition coefficient (Wildman–Crippen LogP) is 2.61. The van der Waals surface area contributed by atoms with Crippen molar-refractivity contribution < 1.29 is 4.74 Å². The molecule has 2 rings (SSSR count). The average molecular weight is 285 g/mol. The van der Waals surface area contributed by atoms with E-state index in [2.05, 4.69) is 23.0 Å². The van der Waals surface area contributed by atoms with Crippen LogP contribution in [0.25, 0.3) is 0 Å². The third kappa shape index (κ3) is 5.83. The summed E-state index contributed by atoms with van der Waals surface area (Å²) in [7, 11) is 2.13. The number of benzene rings is 1. The highest BCUT2D eigenvalue weighted by molar-refractivity contribution is 5.41. The van der Waals surface area contributed by atoms with Crippen molar-refractivity contribution in [1.29, 1.82) is 0 Å². The number of aromatic nitrogens is 1. The molecule has 0 atom stereocenters. The quantitative estimate of drug-likeness (QED) is 0.598. The Morgan fingerprint density at radius 2 is 1.90 bits per heavy atom. The van der Waals surface area contributed by atoms with E-state index >= 15 is 0 Å². The van der Waals surface area contributed by atoms with Gasteiger partial charge in [0.2, 0.25) is 0 Å². The number of rotatable bonds is 8. The summed E-state index contributed by atoms with van der Waals surface area (Å²) in [5.74, 6) is 0.875. The van der Waals surface area contributed by atoms with Crippen LogP contribution >= 0.6 is 0 Å². The molecule has 1 aromatic heterocycles. The third-order valence-electron chi connectivity index (χ3n) is 3.31. The second-order valence-corrected chi connectivity index (χ2v) is 5.15. The largest absolute Gasteiger partial charge is 0.494 e. The summed E-state index contributed by atoms with van der Waals surface area (Å²) in [4.78, 5) is 6.64. The molecule has 2 aromatic rings. The lowest BCUT2D eigenvalue weighted by molar-refractivity contribution is 0.263. The van der Waals surface area contributed by atoms with Gasteiger partial charge in [0.05, 0.1) is 6.61 Å². The smallest absolute Gasteiger partial charge is 0.119 e. The average Bonchev–Trinajstić information content (AvgIpc) is 2.52. The molecular weight excluding hydrogens is 262 g/mol. The van der Waals surface area contributed by atoms with Crippen molar-refractivity contribution in [3.8, 4) is 5.75 Å². The van der Waals surface area contributed by atoms with Crippen LogP contribution in [0.5, 0.6) is 5.75 Å². The molecule has 0 spiro atoms. The van der Waals surface area contributed by atoms with E-state index in [1.165, 1.54) is 0 Å². The van der Waals surface area contributed by atoms with E-state index in [1.807, 2.05) is 42.6 Å². The van der Waals surface area contributed by atoms with Gasteiger partial charge in [-0.25, -0.2) is 0 Å². The molecule has 21 heavy (non-hydrogen) atoms. The number of nitrogens with two attached hydrogens (primary N) is 1. The molecule has 2 N–H and O–H groups in total. The van der Waals surface area contributed by atoms with Gasteiger partial charge in [0.25, 0.3) is 0 Å². The van der Waals surface area contributed by atoms with Crippen molar-refractivity contribution in [3.05, 3.63) is 54.4 Å². The molecule has 0 bridgehead atoms. The number of hydrogen-bond donors (Lipinski definition) is 1. The Morgan fingerprint density at radius 1 is 1.10 bits per heavy atom. The zero-order valence-corrected chi connectivity index (χ0v) is 12.5. The normalized spacial score (nSPS) is 10.8. The fourth-order valence-corrected chi connectivity index (χ4v) is 2.05. The minimum absolute atomic E-state index is 0.720. The van der Waals surface area contributed by atoms with Crippen LogP contribution < -0.4 is 10.5 Å². The minimum Gasteiger partial charge on any atom is -0.494 e. The van der Waals surface area contributed by atoms with Crippen LogP contribution in [0, 0.1) is 0 Å². The molecule has 0 aliphatic carbocycles. The van der Waals surface area contributed by atoms with E-state index in [1.54, 1.807) is 0 Å². The first-order valence-corrected chi connectivity index (χ1v) is 7.31. The maximum absolute atomic E-state index is 5.68. The summed E-state index contributed by atoms with van der Waals surface area (Å²) in [5.41, 5.74) is 7.54. The molecule has 0 aliphatic rings. The van der Waals surface area contributed by atoms with Crippen molar-refractivity contribution in [2.24, 2.45) is 0 Å². The lowest BCUT2D eigenvalue weighted by Crippen LogP contribution is -2.24. The lowest BCUT2D eigenvalue weighted by atomic mass is 10.2. The van der Waals surface area contributed by atoms with E-state index in [4.69, 9.17) is 10.5 Å². The second-order valence-electron chi connectivity index (χ2n) is 5.15. The summed E-state index contributed by atoms with van der Waals surface area (Å²) in [6.45, 7) is 2.75. The van der Waals surface area contributed by atoms with Gasteiger partial charge >= 0.3 is 0 Å². The van der Waals surface area contributed by atoms with Crippen LogP contribution in [0.3, 0.4) is 0 Å². The predicted molar refractivity (Wildman–Crippen MR) is 86.4 cm³/mol. The number of nitrogen functional groups attached to an aromatic ring is 1. The fourth-order valence-electron chi connectivity index (χ4n) is 2.05. The highest BCUT2D eigenvalue weighted by Gasteiger charge is 2.00. The number of likely N-dealkylation sites (N-methyl/N-ethyl adjacent to an activating group) is 1. The van der Waals surface area contributed by atoms with Gasteiger partial charge in [-0.15, -0.1) is 0 Å². The molecule has 1 aromatic carbocycles. The molecule has 4 heteroatoms. The van der Waals surface area contributed by atoms with Gasteiger partial charge in [-0.1, -0.05) is 6.07 Å². The first kappa shape index (κ1) is 15.3. The second kappa shape index (κ2) is 8.27. The Labute approximate surface area is 126 Å². The van der Waals surface area contributed by atoms with E-state index < -0.39 is 0 Å². The van der Waals surface area contributed by atoms with E-state index in [0.717, 1.165) is 49.7 Å². The Kier molecular flexibility index (Phi) is 6.03. The first-order valence-electron chi connectivity index (χ1n) is 7.31. The summed E-state index contributed by atoms with van der Waals surface area (Å²) in [5, 5.41) is 0. The summed E-state index contributed by atoms with van der Waals surface area (Å²) in [6, 6.07) is 13.6. The molecule has 0 aliphatic heterocycles. The summed E-state index contributed by atoms with van der Waals surface area (Å²) >= 11 is 0.